The quantitative estimate of drug-likeness (QED) is 0.860. The largest absolute Gasteiger partial charge is 0.336 e. The van der Waals surface area contributed by atoms with Gasteiger partial charge in [0.2, 0.25) is 0 Å². The molecule has 1 saturated heterocycles. The van der Waals surface area contributed by atoms with Crippen molar-refractivity contribution in [1.82, 2.24) is 9.80 Å². The van der Waals surface area contributed by atoms with Gasteiger partial charge in [0.1, 0.15) is 0 Å². The Morgan fingerprint density at radius 2 is 1.46 bits per heavy atom. The summed E-state index contributed by atoms with van der Waals surface area (Å²) in [5, 5.41) is 0. The Kier molecular flexibility index (Phi) is 5.31. The van der Waals surface area contributed by atoms with E-state index in [2.05, 4.69) is 55.1 Å². The van der Waals surface area contributed by atoms with Gasteiger partial charge in [-0.1, -0.05) is 48.9 Å². The molecule has 1 aliphatic heterocycles. The first-order valence-electron chi connectivity index (χ1n) is 8.82. The molecule has 0 saturated carbocycles. The van der Waals surface area contributed by atoms with Crippen LogP contribution in [0.15, 0.2) is 48.5 Å². The van der Waals surface area contributed by atoms with Crippen LogP contribution in [-0.2, 0) is 13.0 Å². The zero-order valence-corrected chi connectivity index (χ0v) is 14.7. The van der Waals surface area contributed by atoms with Gasteiger partial charge in [-0.15, -0.1) is 0 Å². The lowest BCUT2D eigenvalue weighted by molar-refractivity contribution is 0.0628. The maximum absolute atomic E-state index is 12.6. The van der Waals surface area contributed by atoms with Gasteiger partial charge in [0.15, 0.2) is 0 Å². The summed E-state index contributed by atoms with van der Waals surface area (Å²) < 4.78 is 0. The van der Waals surface area contributed by atoms with E-state index in [0.29, 0.717) is 0 Å². The Balaban J connectivity index is 1.54. The molecule has 0 atom stereocenters. The van der Waals surface area contributed by atoms with Crippen LogP contribution in [0.1, 0.15) is 34.0 Å². The fourth-order valence-electron chi connectivity index (χ4n) is 3.13. The molecule has 3 nitrogen and oxygen atoms in total. The molecule has 3 heteroatoms. The molecule has 2 aromatic carbocycles. The minimum atomic E-state index is 0.160. The van der Waals surface area contributed by atoms with Crippen LogP contribution in [0.5, 0.6) is 0 Å². The molecule has 0 N–H and O–H groups in total. The number of hydrogen-bond donors (Lipinski definition) is 0. The predicted octanol–water partition coefficient (Wildman–Crippen LogP) is 3.52. The highest BCUT2D eigenvalue weighted by Gasteiger charge is 2.22. The lowest BCUT2D eigenvalue weighted by atomic mass is 10.1. The molecular weight excluding hydrogens is 296 g/mol. The highest BCUT2D eigenvalue weighted by molar-refractivity contribution is 5.94. The summed E-state index contributed by atoms with van der Waals surface area (Å²) in [6.07, 6.45) is 1.01. The zero-order valence-electron chi connectivity index (χ0n) is 14.7. The molecule has 1 amide bonds. The SMILES string of the molecule is CCc1ccc(C(=O)N2CCN(Cc3ccc(C)cc3)CC2)cc1. The Labute approximate surface area is 144 Å². The first kappa shape index (κ1) is 16.7. The second kappa shape index (κ2) is 7.63. The van der Waals surface area contributed by atoms with Crippen molar-refractivity contribution in [2.45, 2.75) is 26.8 Å². The summed E-state index contributed by atoms with van der Waals surface area (Å²) in [6, 6.07) is 16.7. The van der Waals surface area contributed by atoms with Crippen LogP contribution in [0.4, 0.5) is 0 Å². The molecule has 3 rings (SSSR count). The van der Waals surface area contributed by atoms with E-state index in [1.807, 2.05) is 17.0 Å². The van der Waals surface area contributed by atoms with E-state index in [1.165, 1.54) is 16.7 Å². The Bertz CT molecular complexity index is 668. The van der Waals surface area contributed by atoms with E-state index in [-0.39, 0.29) is 5.91 Å². The molecule has 0 spiro atoms. The minimum Gasteiger partial charge on any atom is -0.336 e. The van der Waals surface area contributed by atoms with Crippen molar-refractivity contribution in [1.29, 1.82) is 0 Å². The molecule has 1 heterocycles. The third kappa shape index (κ3) is 4.04. The molecule has 24 heavy (non-hydrogen) atoms. The van der Waals surface area contributed by atoms with Gasteiger partial charge in [0, 0.05) is 38.3 Å². The topological polar surface area (TPSA) is 23.6 Å². The molecule has 0 aromatic heterocycles. The van der Waals surface area contributed by atoms with Crippen LogP contribution in [0.3, 0.4) is 0 Å². The lowest BCUT2D eigenvalue weighted by Crippen LogP contribution is -2.48. The van der Waals surface area contributed by atoms with Gasteiger partial charge < -0.3 is 4.90 Å². The molecule has 0 unspecified atom stereocenters. The fourth-order valence-corrected chi connectivity index (χ4v) is 3.13. The van der Waals surface area contributed by atoms with Crippen molar-refractivity contribution in [2.24, 2.45) is 0 Å². The molecule has 1 fully saturated rings. The number of amides is 1. The first-order chi connectivity index (χ1) is 11.7. The average Bonchev–Trinajstić information content (AvgIpc) is 2.64. The van der Waals surface area contributed by atoms with Crippen LogP contribution in [0.2, 0.25) is 0 Å². The number of piperazine rings is 1. The number of carbonyl (C=O) groups excluding carboxylic acids is 1. The van der Waals surface area contributed by atoms with Crippen molar-refractivity contribution in [2.75, 3.05) is 26.2 Å². The van der Waals surface area contributed by atoms with Crippen LogP contribution in [0.25, 0.3) is 0 Å². The van der Waals surface area contributed by atoms with Gasteiger partial charge in [-0.3, -0.25) is 9.69 Å². The van der Waals surface area contributed by atoms with Gasteiger partial charge in [0.05, 0.1) is 0 Å². The van der Waals surface area contributed by atoms with Crippen molar-refractivity contribution in [3.05, 3.63) is 70.8 Å². The van der Waals surface area contributed by atoms with Gasteiger partial charge in [-0.2, -0.15) is 0 Å². The van der Waals surface area contributed by atoms with Crippen LogP contribution < -0.4 is 0 Å². The van der Waals surface area contributed by atoms with E-state index >= 15 is 0 Å². The maximum Gasteiger partial charge on any atom is 0.253 e. The number of rotatable bonds is 4. The van der Waals surface area contributed by atoms with Gasteiger partial charge in [0.25, 0.3) is 5.91 Å². The number of carbonyl (C=O) groups is 1. The fraction of sp³-hybridized carbons (Fsp3) is 0.381. The Morgan fingerprint density at radius 1 is 0.875 bits per heavy atom. The van der Waals surface area contributed by atoms with Crippen molar-refractivity contribution < 1.29 is 4.79 Å². The summed E-state index contributed by atoms with van der Waals surface area (Å²) in [5.74, 6) is 0.160. The Hall–Kier alpha value is -2.13. The van der Waals surface area contributed by atoms with Gasteiger partial charge in [-0.25, -0.2) is 0 Å². The number of nitrogens with zero attached hydrogens (tertiary/aromatic N) is 2. The van der Waals surface area contributed by atoms with Crippen LogP contribution >= 0.6 is 0 Å². The number of aryl methyl sites for hydroxylation is 2. The van der Waals surface area contributed by atoms with E-state index in [9.17, 15) is 4.79 Å². The van der Waals surface area contributed by atoms with Crippen LogP contribution in [0, 0.1) is 6.92 Å². The minimum absolute atomic E-state index is 0.160. The highest BCUT2D eigenvalue weighted by atomic mass is 16.2. The lowest BCUT2D eigenvalue weighted by Gasteiger charge is -2.34. The zero-order chi connectivity index (χ0) is 16.9. The van der Waals surface area contributed by atoms with Gasteiger partial charge >= 0.3 is 0 Å². The summed E-state index contributed by atoms with van der Waals surface area (Å²) in [7, 11) is 0. The Morgan fingerprint density at radius 3 is 2.04 bits per heavy atom. The molecule has 0 radical (unpaired) electrons. The number of benzene rings is 2. The maximum atomic E-state index is 12.6. The van der Waals surface area contributed by atoms with Crippen molar-refractivity contribution in [3.63, 3.8) is 0 Å². The third-order valence-electron chi connectivity index (χ3n) is 4.80. The predicted molar refractivity (Wildman–Crippen MR) is 98.2 cm³/mol. The second-order valence-corrected chi connectivity index (χ2v) is 6.60. The summed E-state index contributed by atoms with van der Waals surface area (Å²) in [4.78, 5) is 17.0. The monoisotopic (exact) mass is 322 g/mol. The standard InChI is InChI=1S/C21H26N2O/c1-3-18-8-10-20(11-9-18)21(24)23-14-12-22(13-15-23)16-19-6-4-17(2)5-7-19/h4-11H,3,12-16H2,1-2H3. The average molecular weight is 322 g/mol. The molecule has 1 aliphatic rings. The van der Waals surface area contributed by atoms with Crippen molar-refractivity contribution >= 4 is 5.91 Å². The molecule has 0 bridgehead atoms. The van der Waals surface area contributed by atoms with Crippen LogP contribution in [-0.4, -0.2) is 41.9 Å². The van der Waals surface area contributed by atoms with E-state index in [4.69, 9.17) is 0 Å². The van der Waals surface area contributed by atoms with Gasteiger partial charge in [-0.05, 0) is 36.6 Å². The first-order valence-corrected chi connectivity index (χ1v) is 8.82. The molecule has 0 aliphatic carbocycles. The van der Waals surface area contributed by atoms with E-state index < -0.39 is 0 Å². The number of hydrogen-bond acceptors (Lipinski definition) is 2. The third-order valence-corrected chi connectivity index (χ3v) is 4.80. The highest BCUT2D eigenvalue weighted by Crippen LogP contribution is 2.13. The summed E-state index contributed by atoms with van der Waals surface area (Å²) >= 11 is 0. The smallest absolute Gasteiger partial charge is 0.253 e. The normalized spacial score (nSPS) is 15.5. The molecule has 126 valence electrons. The van der Waals surface area contributed by atoms with E-state index in [1.54, 1.807) is 0 Å². The summed E-state index contributed by atoms with van der Waals surface area (Å²) in [5.41, 5.74) is 4.72. The second-order valence-electron chi connectivity index (χ2n) is 6.60. The molecule has 2 aromatic rings. The van der Waals surface area contributed by atoms with Crippen molar-refractivity contribution in [3.8, 4) is 0 Å². The summed E-state index contributed by atoms with van der Waals surface area (Å²) in [6.45, 7) is 8.69. The van der Waals surface area contributed by atoms with E-state index in [0.717, 1.165) is 44.7 Å². The molecular formula is C21H26N2O.